The van der Waals surface area contributed by atoms with Gasteiger partial charge in [0, 0.05) is 25.9 Å². The van der Waals surface area contributed by atoms with Crippen molar-refractivity contribution < 1.29 is 22.3 Å². The van der Waals surface area contributed by atoms with Gasteiger partial charge in [-0.3, -0.25) is 0 Å². The molecule has 0 radical (unpaired) electrons. The highest BCUT2D eigenvalue weighted by molar-refractivity contribution is 5.49. The van der Waals surface area contributed by atoms with Gasteiger partial charge in [-0.25, -0.2) is 0 Å². The van der Waals surface area contributed by atoms with Crippen molar-refractivity contribution in [2.24, 2.45) is 0 Å². The summed E-state index contributed by atoms with van der Waals surface area (Å²) in [6.45, 7) is 4.36. The van der Waals surface area contributed by atoms with E-state index < -0.39 is 29.2 Å². The first-order chi connectivity index (χ1) is 11.9. The summed E-state index contributed by atoms with van der Waals surface area (Å²) in [7, 11) is 0. The van der Waals surface area contributed by atoms with Crippen LogP contribution in [-0.2, 0) is 0 Å². The fourth-order valence-corrected chi connectivity index (χ4v) is 3.10. The molecule has 0 spiro atoms. The minimum Gasteiger partial charge on any atom is -0.490 e. The van der Waals surface area contributed by atoms with Crippen molar-refractivity contribution in [1.82, 2.24) is 4.98 Å². The van der Waals surface area contributed by atoms with Crippen molar-refractivity contribution >= 4 is 5.69 Å². The first-order valence-corrected chi connectivity index (χ1v) is 8.06. The molecule has 1 aliphatic rings. The Kier molecular flexibility index (Phi) is 4.83. The van der Waals surface area contributed by atoms with Crippen LogP contribution < -0.4 is 9.64 Å². The number of aryl methyl sites for hydroxylation is 2. The van der Waals surface area contributed by atoms with Gasteiger partial charge < -0.3 is 9.64 Å². The van der Waals surface area contributed by atoms with Crippen molar-refractivity contribution in [3.63, 3.8) is 0 Å². The van der Waals surface area contributed by atoms with E-state index in [4.69, 9.17) is 4.74 Å². The summed E-state index contributed by atoms with van der Waals surface area (Å²) < 4.78 is 60.3. The summed E-state index contributed by atoms with van der Waals surface area (Å²) in [5.41, 5.74) is 1.33. The summed E-state index contributed by atoms with van der Waals surface area (Å²) in [5, 5.41) is 0. The second-order valence-corrected chi connectivity index (χ2v) is 6.20. The van der Waals surface area contributed by atoms with Crippen molar-refractivity contribution in [2.45, 2.75) is 32.8 Å². The second kappa shape index (κ2) is 6.90. The minimum absolute atomic E-state index is 0.126. The molecule has 3 rings (SSSR count). The maximum Gasteiger partial charge on any atom is 0.253 e. The van der Waals surface area contributed by atoms with Gasteiger partial charge in [0.2, 0.25) is 11.6 Å². The summed E-state index contributed by atoms with van der Waals surface area (Å²) in [6, 6.07) is 5.84. The number of benzene rings is 1. The van der Waals surface area contributed by atoms with E-state index in [0.717, 1.165) is 16.9 Å². The number of ether oxygens (including phenoxy) is 1. The van der Waals surface area contributed by atoms with Gasteiger partial charge in [0.1, 0.15) is 17.5 Å². The zero-order valence-corrected chi connectivity index (χ0v) is 14.0. The zero-order valence-electron chi connectivity index (χ0n) is 14.0. The third-order valence-corrected chi connectivity index (χ3v) is 4.43. The number of piperidine rings is 1. The van der Waals surface area contributed by atoms with Crippen molar-refractivity contribution in [1.29, 1.82) is 0 Å². The number of anilines is 1. The molecule has 0 saturated carbocycles. The fraction of sp³-hybridized carbons (Fsp3) is 0.389. The van der Waals surface area contributed by atoms with Crippen LogP contribution in [0.4, 0.5) is 23.2 Å². The van der Waals surface area contributed by atoms with Crippen LogP contribution in [0.15, 0.2) is 18.2 Å². The van der Waals surface area contributed by atoms with Gasteiger partial charge in [0.05, 0.1) is 0 Å². The van der Waals surface area contributed by atoms with E-state index in [1.54, 1.807) is 0 Å². The maximum atomic E-state index is 13.9. The molecule has 1 aliphatic heterocycles. The topological polar surface area (TPSA) is 25.4 Å². The van der Waals surface area contributed by atoms with Crippen molar-refractivity contribution in [3.05, 3.63) is 52.9 Å². The van der Waals surface area contributed by atoms with Crippen LogP contribution in [0, 0.1) is 37.4 Å². The molecular weight excluding hydrogens is 336 g/mol. The molecule has 1 aromatic heterocycles. The predicted molar refractivity (Wildman–Crippen MR) is 85.8 cm³/mol. The Hall–Kier alpha value is -2.31. The summed E-state index contributed by atoms with van der Waals surface area (Å²) >= 11 is 0. The summed E-state index contributed by atoms with van der Waals surface area (Å²) in [6.07, 6.45) is 0.842. The van der Waals surface area contributed by atoms with Crippen LogP contribution in [0.1, 0.15) is 24.0 Å². The monoisotopic (exact) mass is 354 g/mol. The second-order valence-electron chi connectivity index (χ2n) is 6.20. The number of pyridine rings is 1. The number of rotatable bonds is 3. The van der Waals surface area contributed by atoms with Crippen LogP contribution in [-0.4, -0.2) is 24.2 Å². The molecule has 134 valence electrons. The number of nitrogens with zero attached hydrogens (tertiary/aromatic N) is 2. The molecule has 2 heterocycles. The molecule has 25 heavy (non-hydrogen) atoms. The van der Waals surface area contributed by atoms with Gasteiger partial charge in [-0.05, 0) is 25.0 Å². The van der Waals surface area contributed by atoms with E-state index in [1.807, 2.05) is 32.0 Å². The molecule has 1 saturated heterocycles. The molecule has 2 aromatic rings. The zero-order chi connectivity index (χ0) is 18.1. The molecule has 1 aromatic carbocycles. The Labute approximate surface area is 143 Å². The molecule has 1 fully saturated rings. The highest BCUT2D eigenvalue weighted by Gasteiger charge is 2.29. The van der Waals surface area contributed by atoms with Gasteiger partial charge in [-0.15, -0.1) is 0 Å². The van der Waals surface area contributed by atoms with E-state index in [0.29, 0.717) is 12.8 Å². The SMILES string of the molecule is Cc1cccc(C)c1OC1CCN(c2c(F)c(F)nc(F)c2F)CC1. The van der Waals surface area contributed by atoms with Crippen LogP contribution in [0.3, 0.4) is 0 Å². The molecule has 0 bridgehead atoms. The largest absolute Gasteiger partial charge is 0.490 e. The fourth-order valence-electron chi connectivity index (χ4n) is 3.10. The van der Waals surface area contributed by atoms with Crippen LogP contribution in [0.25, 0.3) is 0 Å². The molecular formula is C18H18F4N2O. The number of para-hydroxylation sites is 1. The Morgan fingerprint density at radius 1 is 0.960 bits per heavy atom. The van der Waals surface area contributed by atoms with Gasteiger partial charge >= 0.3 is 0 Å². The van der Waals surface area contributed by atoms with E-state index >= 15 is 0 Å². The third-order valence-electron chi connectivity index (χ3n) is 4.43. The van der Waals surface area contributed by atoms with E-state index in [9.17, 15) is 17.6 Å². The number of halogens is 4. The summed E-state index contributed by atoms with van der Waals surface area (Å²) in [4.78, 5) is 3.88. The minimum atomic E-state index is -1.64. The first kappa shape index (κ1) is 17.5. The Morgan fingerprint density at radius 3 is 2.00 bits per heavy atom. The third kappa shape index (κ3) is 3.41. The summed E-state index contributed by atoms with van der Waals surface area (Å²) in [5.74, 6) is -5.40. The van der Waals surface area contributed by atoms with E-state index in [-0.39, 0.29) is 19.2 Å². The predicted octanol–water partition coefficient (Wildman–Crippen LogP) is 4.30. The molecule has 0 atom stereocenters. The molecule has 7 heteroatoms. The van der Waals surface area contributed by atoms with Crippen molar-refractivity contribution in [2.75, 3.05) is 18.0 Å². The number of hydrogen-bond donors (Lipinski definition) is 0. The van der Waals surface area contributed by atoms with Crippen LogP contribution in [0.5, 0.6) is 5.75 Å². The quantitative estimate of drug-likeness (QED) is 0.607. The highest BCUT2D eigenvalue weighted by atomic mass is 19.2. The molecule has 0 unspecified atom stereocenters. The first-order valence-electron chi connectivity index (χ1n) is 8.06. The smallest absolute Gasteiger partial charge is 0.253 e. The van der Waals surface area contributed by atoms with Crippen LogP contribution >= 0.6 is 0 Å². The Balaban J connectivity index is 1.73. The lowest BCUT2D eigenvalue weighted by molar-refractivity contribution is 0.168. The molecule has 0 amide bonds. The van der Waals surface area contributed by atoms with E-state index in [1.165, 1.54) is 4.90 Å². The number of hydrogen-bond acceptors (Lipinski definition) is 3. The van der Waals surface area contributed by atoms with Crippen LogP contribution in [0.2, 0.25) is 0 Å². The maximum absolute atomic E-state index is 13.9. The highest BCUT2D eigenvalue weighted by Crippen LogP contribution is 2.31. The average molecular weight is 354 g/mol. The standard InChI is InChI=1S/C18H18F4N2O/c1-10-4-3-5-11(2)16(10)25-12-6-8-24(9-7-12)15-13(19)17(21)23-18(22)14(15)20/h3-5,12H,6-9H2,1-2H3. The van der Waals surface area contributed by atoms with Gasteiger partial charge in [0.15, 0.2) is 0 Å². The van der Waals surface area contributed by atoms with Crippen molar-refractivity contribution in [3.8, 4) is 5.75 Å². The Bertz CT molecular complexity index is 743. The lowest BCUT2D eigenvalue weighted by atomic mass is 10.1. The Morgan fingerprint density at radius 2 is 1.48 bits per heavy atom. The average Bonchev–Trinajstić information content (AvgIpc) is 2.58. The molecule has 0 aliphatic carbocycles. The normalized spacial score (nSPS) is 15.5. The molecule has 0 N–H and O–H groups in total. The van der Waals surface area contributed by atoms with Gasteiger partial charge in [0.25, 0.3) is 11.9 Å². The lowest BCUT2D eigenvalue weighted by Crippen LogP contribution is -2.39. The van der Waals surface area contributed by atoms with Gasteiger partial charge in [-0.1, -0.05) is 18.2 Å². The van der Waals surface area contributed by atoms with Gasteiger partial charge in [-0.2, -0.15) is 22.5 Å². The number of aromatic nitrogens is 1. The molecule has 3 nitrogen and oxygen atoms in total. The lowest BCUT2D eigenvalue weighted by Gasteiger charge is -2.34. The van der Waals surface area contributed by atoms with E-state index in [2.05, 4.69) is 4.98 Å².